The van der Waals surface area contributed by atoms with Crippen molar-refractivity contribution in [2.75, 3.05) is 38.0 Å². The van der Waals surface area contributed by atoms with Gasteiger partial charge in [-0.15, -0.1) is 0 Å². The number of likely N-dealkylation sites (tertiary alicyclic amines) is 2. The Kier molecular flexibility index (Phi) is 6.65. The van der Waals surface area contributed by atoms with Crippen LogP contribution in [0.5, 0.6) is 0 Å². The second-order valence-electron chi connectivity index (χ2n) is 9.49. The van der Waals surface area contributed by atoms with Crippen molar-refractivity contribution >= 4 is 29.6 Å². The first-order chi connectivity index (χ1) is 16.1. The molecule has 33 heavy (non-hydrogen) atoms. The first-order valence-electron chi connectivity index (χ1n) is 12.1. The molecule has 6 nitrogen and oxygen atoms in total. The summed E-state index contributed by atoms with van der Waals surface area (Å²) in [5.74, 6) is 1.64. The Labute approximate surface area is 200 Å². The number of carbonyl (C=O) groups excluding carboxylic acids is 2. The Morgan fingerprint density at radius 3 is 2.79 bits per heavy atom. The van der Waals surface area contributed by atoms with Gasteiger partial charge < -0.3 is 15.0 Å². The minimum atomic E-state index is -0.351. The number of rotatable bonds is 5. The SMILES string of the molecule is O=C[C@H](c1cccc(Cl)c1)N1CC[C@@H](C(=O)N2CCC(c3ccc4c(n3)NCCC4)CC2)C1. The second-order valence-corrected chi connectivity index (χ2v) is 9.93. The summed E-state index contributed by atoms with van der Waals surface area (Å²) in [7, 11) is 0. The van der Waals surface area contributed by atoms with Crippen LogP contribution < -0.4 is 5.32 Å². The third-order valence-corrected chi connectivity index (χ3v) is 7.66. The molecule has 0 spiro atoms. The van der Waals surface area contributed by atoms with Crippen molar-refractivity contribution in [3.05, 3.63) is 58.2 Å². The third-order valence-electron chi connectivity index (χ3n) is 7.42. The number of aromatic nitrogens is 1. The van der Waals surface area contributed by atoms with Crippen molar-refractivity contribution in [2.45, 2.75) is 44.1 Å². The number of fused-ring (bicyclic) bond motifs is 1. The van der Waals surface area contributed by atoms with Gasteiger partial charge in [0.05, 0.1) is 12.0 Å². The van der Waals surface area contributed by atoms with Crippen LogP contribution in [0.3, 0.4) is 0 Å². The standard InChI is InChI=1S/C26H31ClN4O2/c27-22-5-1-3-20(15-22)24(17-32)31-14-10-21(16-31)26(33)30-12-8-18(9-13-30)23-7-6-19-4-2-11-28-25(19)29-23/h1,3,5-7,15,17-18,21,24H,2,4,8-14,16H2,(H,28,29)/t21-,24-/m1/s1. The Morgan fingerprint density at radius 1 is 1.15 bits per heavy atom. The van der Waals surface area contributed by atoms with Crippen molar-refractivity contribution in [2.24, 2.45) is 5.92 Å². The number of nitrogens with one attached hydrogen (secondary N) is 1. The smallest absolute Gasteiger partial charge is 0.227 e. The molecule has 0 unspecified atom stereocenters. The molecule has 0 saturated carbocycles. The Hall–Kier alpha value is -2.44. The quantitative estimate of drug-likeness (QED) is 0.673. The van der Waals surface area contributed by atoms with Crippen LogP contribution in [-0.4, -0.2) is 59.7 Å². The van der Waals surface area contributed by atoms with E-state index in [0.717, 1.165) is 75.2 Å². The summed E-state index contributed by atoms with van der Waals surface area (Å²) in [6, 6.07) is 11.5. The molecule has 3 aliphatic heterocycles. The Morgan fingerprint density at radius 2 is 2.00 bits per heavy atom. The molecule has 1 amide bonds. The number of nitrogens with zero attached hydrogens (tertiary/aromatic N) is 3. The first-order valence-corrected chi connectivity index (χ1v) is 12.5. The molecule has 4 heterocycles. The molecule has 174 valence electrons. The monoisotopic (exact) mass is 466 g/mol. The van der Waals surface area contributed by atoms with E-state index in [1.165, 1.54) is 12.0 Å². The number of piperidine rings is 1. The molecular weight excluding hydrogens is 436 g/mol. The van der Waals surface area contributed by atoms with Gasteiger partial charge in [0.2, 0.25) is 5.91 Å². The van der Waals surface area contributed by atoms with E-state index < -0.39 is 0 Å². The van der Waals surface area contributed by atoms with Crippen molar-refractivity contribution < 1.29 is 9.59 Å². The normalized spacial score (nSPS) is 22.5. The van der Waals surface area contributed by atoms with Crippen LogP contribution in [0.15, 0.2) is 36.4 Å². The van der Waals surface area contributed by atoms with Crippen molar-refractivity contribution in [1.29, 1.82) is 0 Å². The minimum Gasteiger partial charge on any atom is -0.370 e. The van der Waals surface area contributed by atoms with Crippen LogP contribution >= 0.6 is 11.6 Å². The van der Waals surface area contributed by atoms with Gasteiger partial charge in [-0.1, -0.05) is 29.8 Å². The van der Waals surface area contributed by atoms with Crippen LogP contribution in [0.2, 0.25) is 5.02 Å². The van der Waals surface area contributed by atoms with Crippen molar-refractivity contribution in [3.63, 3.8) is 0 Å². The maximum absolute atomic E-state index is 13.2. The zero-order valence-electron chi connectivity index (χ0n) is 18.9. The zero-order chi connectivity index (χ0) is 22.8. The van der Waals surface area contributed by atoms with E-state index in [-0.39, 0.29) is 17.9 Å². The van der Waals surface area contributed by atoms with E-state index in [0.29, 0.717) is 17.5 Å². The largest absolute Gasteiger partial charge is 0.370 e. The lowest BCUT2D eigenvalue weighted by molar-refractivity contribution is -0.136. The maximum atomic E-state index is 13.2. The van der Waals surface area contributed by atoms with E-state index in [2.05, 4.69) is 22.3 Å². The third kappa shape index (κ3) is 4.78. The lowest BCUT2D eigenvalue weighted by atomic mass is 9.91. The van der Waals surface area contributed by atoms with E-state index in [1.54, 1.807) is 0 Å². The zero-order valence-corrected chi connectivity index (χ0v) is 19.6. The number of anilines is 1. The van der Waals surface area contributed by atoms with Gasteiger partial charge in [-0.05, 0) is 68.0 Å². The van der Waals surface area contributed by atoms with Crippen LogP contribution in [0.4, 0.5) is 5.82 Å². The lowest BCUT2D eigenvalue weighted by Gasteiger charge is -2.34. The van der Waals surface area contributed by atoms with Crippen molar-refractivity contribution in [1.82, 2.24) is 14.8 Å². The number of aryl methyl sites for hydroxylation is 1. The molecule has 2 aromatic rings. The predicted octanol–water partition coefficient (Wildman–Crippen LogP) is 4.06. The van der Waals surface area contributed by atoms with Gasteiger partial charge in [-0.3, -0.25) is 9.69 Å². The average Bonchev–Trinajstić information content (AvgIpc) is 3.34. The molecule has 0 aliphatic carbocycles. The summed E-state index contributed by atoms with van der Waals surface area (Å²) in [5, 5.41) is 4.05. The summed E-state index contributed by atoms with van der Waals surface area (Å²) in [6.45, 7) is 3.91. The molecule has 1 N–H and O–H groups in total. The molecule has 5 rings (SSSR count). The molecule has 0 radical (unpaired) electrons. The van der Waals surface area contributed by atoms with Crippen LogP contribution in [0.25, 0.3) is 0 Å². The van der Waals surface area contributed by atoms with Crippen LogP contribution in [0.1, 0.15) is 54.5 Å². The number of carbonyl (C=O) groups is 2. The highest BCUT2D eigenvalue weighted by Gasteiger charge is 2.36. The highest BCUT2D eigenvalue weighted by molar-refractivity contribution is 6.30. The minimum absolute atomic E-state index is 0.0470. The number of hydrogen-bond donors (Lipinski definition) is 1. The number of benzene rings is 1. The Balaban J connectivity index is 1.17. The molecule has 2 fully saturated rings. The fourth-order valence-corrected chi connectivity index (χ4v) is 5.73. The number of hydrogen-bond acceptors (Lipinski definition) is 5. The van der Waals surface area contributed by atoms with Gasteiger partial charge in [0, 0.05) is 42.8 Å². The van der Waals surface area contributed by atoms with E-state index in [1.807, 2.05) is 29.2 Å². The summed E-state index contributed by atoms with van der Waals surface area (Å²) in [4.78, 5) is 34.1. The van der Waals surface area contributed by atoms with Gasteiger partial charge in [0.25, 0.3) is 0 Å². The fraction of sp³-hybridized carbons (Fsp3) is 0.500. The molecule has 7 heteroatoms. The van der Waals surface area contributed by atoms with Gasteiger partial charge >= 0.3 is 0 Å². The second kappa shape index (κ2) is 9.82. The van der Waals surface area contributed by atoms with Gasteiger partial charge in [-0.25, -0.2) is 4.98 Å². The van der Waals surface area contributed by atoms with E-state index >= 15 is 0 Å². The number of aldehydes is 1. The van der Waals surface area contributed by atoms with Gasteiger partial charge in [0.1, 0.15) is 12.1 Å². The average molecular weight is 467 g/mol. The molecule has 1 aromatic carbocycles. The molecule has 2 saturated heterocycles. The molecule has 3 aliphatic rings. The number of pyridine rings is 1. The number of halogens is 1. The molecular formula is C26H31ClN4O2. The maximum Gasteiger partial charge on any atom is 0.227 e. The highest BCUT2D eigenvalue weighted by Crippen LogP contribution is 2.33. The topological polar surface area (TPSA) is 65.5 Å². The van der Waals surface area contributed by atoms with E-state index in [4.69, 9.17) is 16.6 Å². The fourth-order valence-electron chi connectivity index (χ4n) is 5.53. The summed E-state index contributed by atoms with van der Waals surface area (Å²) >= 11 is 6.12. The first kappa shape index (κ1) is 22.4. The summed E-state index contributed by atoms with van der Waals surface area (Å²) < 4.78 is 0. The van der Waals surface area contributed by atoms with Gasteiger partial charge in [-0.2, -0.15) is 0 Å². The van der Waals surface area contributed by atoms with Gasteiger partial charge in [0.15, 0.2) is 0 Å². The van der Waals surface area contributed by atoms with E-state index in [9.17, 15) is 9.59 Å². The number of amides is 1. The highest BCUT2D eigenvalue weighted by atomic mass is 35.5. The molecule has 2 atom stereocenters. The van der Waals surface area contributed by atoms with Crippen LogP contribution in [-0.2, 0) is 16.0 Å². The molecule has 1 aromatic heterocycles. The van der Waals surface area contributed by atoms with Crippen molar-refractivity contribution in [3.8, 4) is 0 Å². The summed E-state index contributed by atoms with van der Waals surface area (Å²) in [5.41, 5.74) is 3.35. The Bertz CT molecular complexity index is 1020. The predicted molar refractivity (Wildman–Crippen MR) is 130 cm³/mol. The summed E-state index contributed by atoms with van der Waals surface area (Å²) in [6.07, 6.45) is 5.93. The molecule has 0 bridgehead atoms. The lowest BCUT2D eigenvalue weighted by Crippen LogP contribution is -2.42. The van der Waals surface area contributed by atoms with Crippen LogP contribution in [0, 0.1) is 5.92 Å².